The molecule has 3 heteroatoms. The SMILES string of the molecule is C[C@@]1(O)CC[C@H]2[C@H](CC[C@@H]3[C@@H]2CC[C@]2(C)C(P(=O)(c4ccccc4)c4ccccc4)=CC[C@@H]32)C1. The molecule has 7 atom stereocenters. The Labute approximate surface area is 205 Å². The van der Waals surface area contributed by atoms with Crippen molar-refractivity contribution in [2.24, 2.45) is 35.0 Å². The Morgan fingerprint density at radius 3 is 2.06 bits per heavy atom. The molecule has 2 aromatic rings. The molecule has 3 saturated carbocycles. The first-order chi connectivity index (χ1) is 16.3. The monoisotopic (exact) mass is 474 g/mol. The van der Waals surface area contributed by atoms with Crippen LogP contribution in [0.1, 0.15) is 65.2 Å². The van der Waals surface area contributed by atoms with Gasteiger partial charge in [-0.2, -0.15) is 0 Å². The Kier molecular flexibility index (Phi) is 5.51. The van der Waals surface area contributed by atoms with E-state index in [0.29, 0.717) is 11.8 Å². The van der Waals surface area contributed by atoms with Crippen LogP contribution in [0.2, 0.25) is 0 Å². The molecule has 1 N–H and O–H groups in total. The number of allylic oxidation sites excluding steroid dienone is 2. The van der Waals surface area contributed by atoms with E-state index < -0.39 is 12.7 Å². The molecule has 0 bridgehead atoms. The molecule has 0 saturated heterocycles. The minimum absolute atomic E-state index is 0.00930. The van der Waals surface area contributed by atoms with Crippen molar-refractivity contribution < 1.29 is 9.67 Å². The van der Waals surface area contributed by atoms with Crippen molar-refractivity contribution in [2.75, 3.05) is 0 Å². The lowest BCUT2D eigenvalue weighted by atomic mass is 9.50. The van der Waals surface area contributed by atoms with Crippen LogP contribution in [-0.4, -0.2) is 10.7 Å². The maximum Gasteiger partial charge on any atom is 0.167 e. The maximum atomic E-state index is 15.2. The van der Waals surface area contributed by atoms with E-state index in [-0.39, 0.29) is 5.41 Å². The van der Waals surface area contributed by atoms with E-state index in [1.807, 2.05) is 43.3 Å². The Hall–Kier alpha value is -1.63. The Bertz CT molecular complexity index is 1080. The van der Waals surface area contributed by atoms with Gasteiger partial charge in [0.1, 0.15) is 0 Å². The molecule has 0 aromatic heterocycles. The summed E-state index contributed by atoms with van der Waals surface area (Å²) in [6.45, 7) is 4.49. The molecule has 0 aliphatic heterocycles. The van der Waals surface area contributed by atoms with Crippen molar-refractivity contribution in [1.82, 2.24) is 0 Å². The Morgan fingerprint density at radius 1 is 0.794 bits per heavy atom. The highest BCUT2D eigenvalue weighted by Gasteiger charge is 2.58. The van der Waals surface area contributed by atoms with E-state index in [1.54, 1.807) is 0 Å². The van der Waals surface area contributed by atoms with E-state index in [2.05, 4.69) is 37.3 Å². The maximum absolute atomic E-state index is 15.2. The fraction of sp³-hybridized carbons (Fsp3) is 0.548. The van der Waals surface area contributed by atoms with Gasteiger partial charge < -0.3 is 9.67 Å². The second-order valence-electron chi connectivity index (χ2n) is 12.2. The first-order valence-corrected chi connectivity index (χ1v) is 15.2. The van der Waals surface area contributed by atoms with Crippen molar-refractivity contribution in [2.45, 2.75) is 70.8 Å². The van der Waals surface area contributed by atoms with E-state index >= 15 is 4.57 Å². The van der Waals surface area contributed by atoms with Gasteiger partial charge in [-0.3, -0.25) is 0 Å². The zero-order valence-electron chi connectivity index (χ0n) is 20.7. The minimum atomic E-state index is -2.89. The summed E-state index contributed by atoms with van der Waals surface area (Å²) in [5, 5.41) is 13.9. The Balaban J connectivity index is 1.35. The van der Waals surface area contributed by atoms with Crippen molar-refractivity contribution >= 4 is 17.8 Å². The van der Waals surface area contributed by atoms with Gasteiger partial charge in [0.2, 0.25) is 0 Å². The minimum Gasteiger partial charge on any atom is -0.390 e. The largest absolute Gasteiger partial charge is 0.390 e. The predicted octanol–water partition coefficient (Wildman–Crippen LogP) is 6.90. The van der Waals surface area contributed by atoms with Crippen LogP contribution in [0.3, 0.4) is 0 Å². The summed E-state index contributed by atoms with van der Waals surface area (Å²) in [5.41, 5.74) is -0.452. The first kappa shape index (κ1) is 22.8. The van der Waals surface area contributed by atoms with Gasteiger partial charge in [0.15, 0.2) is 7.14 Å². The van der Waals surface area contributed by atoms with Crippen LogP contribution in [0.25, 0.3) is 0 Å². The van der Waals surface area contributed by atoms with Gasteiger partial charge in [0, 0.05) is 10.6 Å². The molecule has 4 aliphatic rings. The third-order valence-corrected chi connectivity index (χ3v) is 13.8. The molecule has 0 unspecified atom stereocenters. The number of hydrogen-bond donors (Lipinski definition) is 1. The molecular formula is C31H39O2P. The molecule has 34 heavy (non-hydrogen) atoms. The molecule has 180 valence electrons. The lowest BCUT2D eigenvalue weighted by Crippen LogP contribution is -2.50. The summed E-state index contributed by atoms with van der Waals surface area (Å²) in [7, 11) is -2.89. The summed E-state index contributed by atoms with van der Waals surface area (Å²) in [6.07, 6.45) is 11.6. The number of rotatable bonds is 3. The average Bonchev–Trinajstić information content (AvgIpc) is 3.21. The standard InChI is InChI=1S/C31H39O2P/c1-30(32)19-17-25-22(21-30)13-14-27-26(25)18-20-31(2)28(27)15-16-29(31)34(33,23-9-5-3-6-10-23)24-11-7-4-8-12-24/h3-12,16,22,25-28,32H,13-15,17-21H2,1-2H3/t22-,25+,26-,27-,28+,30-,31+/m1/s1. The Morgan fingerprint density at radius 2 is 1.41 bits per heavy atom. The smallest absolute Gasteiger partial charge is 0.167 e. The van der Waals surface area contributed by atoms with Crippen LogP contribution in [0, 0.1) is 35.0 Å². The van der Waals surface area contributed by atoms with Gasteiger partial charge in [-0.05, 0) is 98.6 Å². The highest BCUT2D eigenvalue weighted by atomic mass is 31.2. The van der Waals surface area contributed by atoms with Crippen LogP contribution in [0.5, 0.6) is 0 Å². The first-order valence-electron chi connectivity index (χ1n) is 13.5. The van der Waals surface area contributed by atoms with Crippen LogP contribution >= 0.6 is 7.14 Å². The van der Waals surface area contributed by atoms with Gasteiger partial charge >= 0.3 is 0 Å². The molecule has 2 nitrogen and oxygen atoms in total. The normalized spacial score (nSPS) is 39.5. The van der Waals surface area contributed by atoms with E-state index in [4.69, 9.17) is 0 Å². The average molecular weight is 475 g/mol. The zero-order chi connectivity index (χ0) is 23.6. The summed E-state index contributed by atoms with van der Waals surface area (Å²) < 4.78 is 15.2. The van der Waals surface area contributed by atoms with E-state index in [9.17, 15) is 5.11 Å². The summed E-state index contributed by atoms with van der Waals surface area (Å²) in [6, 6.07) is 20.5. The number of aliphatic hydroxyl groups is 1. The molecular weight excluding hydrogens is 435 g/mol. The zero-order valence-corrected chi connectivity index (χ0v) is 21.6. The number of fused-ring (bicyclic) bond motifs is 5. The van der Waals surface area contributed by atoms with E-state index in [1.165, 1.54) is 31.0 Å². The third-order valence-electron chi connectivity index (χ3n) is 10.4. The predicted molar refractivity (Wildman–Crippen MR) is 141 cm³/mol. The van der Waals surface area contributed by atoms with Gasteiger partial charge in [-0.25, -0.2) is 0 Å². The van der Waals surface area contributed by atoms with Crippen LogP contribution < -0.4 is 10.6 Å². The molecule has 0 spiro atoms. The summed E-state index contributed by atoms with van der Waals surface area (Å²) in [5.74, 6) is 3.60. The quantitative estimate of drug-likeness (QED) is 0.492. The molecule has 0 amide bonds. The second kappa shape index (κ2) is 8.21. The number of benzene rings is 2. The lowest BCUT2D eigenvalue weighted by Gasteiger charge is -2.57. The highest BCUT2D eigenvalue weighted by Crippen LogP contribution is 2.70. The molecule has 0 heterocycles. The van der Waals surface area contributed by atoms with Gasteiger partial charge in [0.25, 0.3) is 0 Å². The lowest BCUT2D eigenvalue weighted by molar-refractivity contribution is -0.0902. The van der Waals surface area contributed by atoms with Crippen molar-refractivity contribution in [1.29, 1.82) is 0 Å². The highest BCUT2D eigenvalue weighted by molar-refractivity contribution is 7.82. The van der Waals surface area contributed by atoms with Crippen molar-refractivity contribution in [3.8, 4) is 0 Å². The van der Waals surface area contributed by atoms with Gasteiger partial charge in [0.05, 0.1) is 5.60 Å². The van der Waals surface area contributed by atoms with E-state index in [0.717, 1.165) is 54.0 Å². The summed E-state index contributed by atoms with van der Waals surface area (Å²) in [4.78, 5) is 0. The van der Waals surface area contributed by atoms with Crippen molar-refractivity contribution in [3.05, 3.63) is 72.1 Å². The topological polar surface area (TPSA) is 37.3 Å². The van der Waals surface area contributed by atoms with Crippen LogP contribution in [0.4, 0.5) is 0 Å². The molecule has 6 rings (SSSR count). The molecule has 4 aliphatic carbocycles. The van der Waals surface area contributed by atoms with Crippen LogP contribution in [0.15, 0.2) is 72.1 Å². The fourth-order valence-corrected chi connectivity index (χ4v) is 12.2. The third kappa shape index (κ3) is 3.43. The molecule has 3 fully saturated rings. The second-order valence-corrected chi connectivity index (χ2v) is 15.0. The van der Waals surface area contributed by atoms with Crippen molar-refractivity contribution in [3.63, 3.8) is 0 Å². The molecule has 2 aromatic carbocycles. The van der Waals surface area contributed by atoms with Crippen LogP contribution in [-0.2, 0) is 4.57 Å². The van der Waals surface area contributed by atoms with Gasteiger partial charge in [-0.1, -0.05) is 73.7 Å². The molecule has 0 radical (unpaired) electrons. The number of hydrogen-bond acceptors (Lipinski definition) is 2. The fourth-order valence-electron chi connectivity index (χ4n) is 8.82. The summed E-state index contributed by atoms with van der Waals surface area (Å²) >= 11 is 0. The van der Waals surface area contributed by atoms with Gasteiger partial charge in [-0.15, -0.1) is 0 Å².